The molecule has 1 heterocycles. The number of hydrogen-bond donors (Lipinski definition) is 1. The topological polar surface area (TPSA) is 29.1 Å². The molecule has 1 aliphatic rings. The molecule has 2 nitrogen and oxygen atoms in total. The maximum absolute atomic E-state index is 10.7. The van der Waals surface area contributed by atoms with E-state index in [1.807, 2.05) is 0 Å². The molecular formula is C5H11NOSi. The molecule has 1 fully saturated rings. The summed E-state index contributed by atoms with van der Waals surface area (Å²) < 4.78 is 0. The zero-order chi connectivity index (χ0) is 5.98. The summed E-state index contributed by atoms with van der Waals surface area (Å²) in [5.41, 5.74) is 0. The van der Waals surface area contributed by atoms with Crippen LogP contribution in [0.15, 0.2) is 0 Å². The Morgan fingerprint density at radius 2 is 2.50 bits per heavy atom. The van der Waals surface area contributed by atoms with Gasteiger partial charge in [0.2, 0.25) is 0 Å². The van der Waals surface area contributed by atoms with Crippen LogP contribution in [-0.4, -0.2) is 26.9 Å². The van der Waals surface area contributed by atoms with Gasteiger partial charge >= 0.3 is 0 Å². The highest BCUT2D eigenvalue weighted by Crippen LogP contribution is 1.97. The lowest BCUT2D eigenvalue weighted by atomic mass is 10.8. The van der Waals surface area contributed by atoms with Crippen LogP contribution >= 0.6 is 0 Å². The minimum absolute atomic E-state index is 0.468. The molecule has 0 aromatic heterocycles. The van der Waals surface area contributed by atoms with Crippen LogP contribution in [0, 0.1) is 0 Å². The van der Waals surface area contributed by atoms with Crippen LogP contribution in [0.4, 0.5) is 0 Å². The normalized spacial score (nSPS) is 28.4. The Morgan fingerprint density at radius 3 is 2.75 bits per heavy atom. The highest BCUT2D eigenvalue weighted by molar-refractivity contribution is 6.90. The molecule has 0 spiro atoms. The second-order valence-corrected chi connectivity index (χ2v) is 5.49. The molecule has 0 aliphatic carbocycles. The van der Waals surface area contributed by atoms with Crippen LogP contribution in [0.5, 0.6) is 0 Å². The average molecular weight is 129 g/mol. The fourth-order valence-electron chi connectivity index (χ4n) is 1.00. The van der Waals surface area contributed by atoms with Gasteiger partial charge in [0, 0.05) is 0 Å². The first-order valence-electron chi connectivity index (χ1n) is 3.02. The molecular weight excluding hydrogens is 118 g/mol. The SMILES string of the molecule is CC(=O)[Si@H]1CCNC1. The summed E-state index contributed by atoms with van der Waals surface area (Å²) in [4.78, 5) is 10.7. The molecule has 3 heteroatoms. The van der Waals surface area contributed by atoms with Crippen LogP contribution in [0.2, 0.25) is 6.04 Å². The fraction of sp³-hybridized carbons (Fsp3) is 0.800. The Bertz CT molecular complexity index is 98.6. The van der Waals surface area contributed by atoms with Crippen LogP contribution in [-0.2, 0) is 4.79 Å². The third-order valence-electron chi connectivity index (χ3n) is 1.64. The van der Waals surface area contributed by atoms with E-state index in [-0.39, 0.29) is 0 Å². The Morgan fingerprint density at radius 1 is 1.75 bits per heavy atom. The lowest BCUT2D eigenvalue weighted by molar-refractivity contribution is -0.110. The second kappa shape index (κ2) is 2.41. The summed E-state index contributed by atoms with van der Waals surface area (Å²) in [6, 6.07) is 1.18. The van der Waals surface area contributed by atoms with E-state index < -0.39 is 8.80 Å². The van der Waals surface area contributed by atoms with Gasteiger partial charge in [-0.2, -0.15) is 0 Å². The van der Waals surface area contributed by atoms with Crippen molar-refractivity contribution in [2.45, 2.75) is 13.0 Å². The van der Waals surface area contributed by atoms with Crippen molar-refractivity contribution in [3.63, 3.8) is 0 Å². The number of rotatable bonds is 1. The molecule has 1 atom stereocenters. The van der Waals surface area contributed by atoms with Gasteiger partial charge in [0.05, 0.1) is 0 Å². The summed E-state index contributed by atoms with van der Waals surface area (Å²) in [5, 5.41) is 3.66. The van der Waals surface area contributed by atoms with Crippen LogP contribution in [0.3, 0.4) is 0 Å². The van der Waals surface area contributed by atoms with Crippen molar-refractivity contribution in [2.24, 2.45) is 0 Å². The number of hydrogen-bond acceptors (Lipinski definition) is 2. The third kappa shape index (κ3) is 1.17. The first-order chi connectivity index (χ1) is 3.80. The molecule has 1 saturated heterocycles. The van der Waals surface area contributed by atoms with Crippen molar-refractivity contribution in [3.05, 3.63) is 0 Å². The molecule has 0 unspecified atom stereocenters. The third-order valence-corrected chi connectivity index (χ3v) is 4.55. The Kier molecular flexibility index (Phi) is 1.80. The van der Waals surface area contributed by atoms with Gasteiger partial charge in [-0.1, -0.05) is 0 Å². The van der Waals surface area contributed by atoms with Crippen molar-refractivity contribution < 1.29 is 4.79 Å². The average Bonchev–Trinajstić information content (AvgIpc) is 2.12. The van der Waals surface area contributed by atoms with E-state index >= 15 is 0 Å². The molecule has 0 saturated carbocycles. The molecule has 0 amide bonds. The summed E-state index contributed by atoms with van der Waals surface area (Å²) in [7, 11) is -0.904. The molecule has 0 aromatic rings. The van der Waals surface area contributed by atoms with Gasteiger partial charge in [-0.3, -0.25) is 0 Å². The lowest BCUT2D eigenvalue weighted by Crippen LogP contribution is -2.26. The second-order valence-electron chi connectivity index (χ2n) is 2.30. The van der Waals surface area contributed by atoms with Gasteiger partial charge in [-0.15, -0.1) is 0 Å². The fourth-order valence-corrected chi connectivity index (χ4v) is 3.00. The van der Waals surface area contributed by atoms with Crippen LogP contribution in [0.1, 0.15) is 6.92 Å². The highest BCUT2D eigenvalue weighted by Gasteiger charge is 2.19. The quantitative estimate of drug-likeness (QED) is 0.483. The van der Waals surface area contributed by atoms with Gasteiger partial charge in [-0.05, 0) is 25.7 Å². The predicted octanol–water partition coefficient (Wildman–Crippen LogP) is -0.516. The zero-order valence-electron chi connectivity index (χ0n) is 5.11. The summed E-state index contributed by atoms with van der Waals surface area (Å²) in [5.74, 6) is 0. The molecule has 1 aliphatic heterocycles. The van der Waals surface area contributed by atoms with Crippen LogP contribution in [0.25, 0.3) is 0 Å². The van der Waals surface area contributed by atoms with Gasteiger partial charge < -0.3 is 10.1 Å². The van der Waals surface area contributed by atoms with E-state index in [9.17, 15) is 4.79 Å². The van der Waals surface area contributed by atoms with Gasteiger partial charge in [-0.25, -0.2) is 0 Å². The Hall–Kier alpha value is -0.153. The van der Waals surface area contributed by atoms with E-state index in [2.05, 4.69) is 5.32 Å². The highest BCUT2D eigenvalue weighted by atomic mass is 28.3. The van der Waals surface area contributed by atoms with Gasteiger partial charge in [0.25, 0.3) is 0 Å². The number of nitrogens with one attached hydrogen (secondary N) is 1. The van der Waals surface area contributed by atoms with E-state index in [1.165, 1.54) is 6.04 Å². The maximum atomic E-state index is 10.7. The Labute approximate surface area is 50.9 Å². The predicted molar refractivity (Wildman–Crippen MR) is 35.5 cm³/mol. The van der Waals surface area contributed by atoms with Gasteiger partial charge in [0.1, 0.15) is 14.2 Å². The molecule has 0 radical (unpaired) electrons. The number of carbonyl (C=O) groups excluding carboxylic acids is 1. The monoisotopic (exact) mass is 129 g/mol. The van der Waals surface area contributed by atoms with Crippen molar-refractivity contribution in [2.75, 3.05) is 12.7 Å². The smallest absolute Gasteiger partial charge is 0.132 e. The van der Waals surface area contributed by atoms with E-state index in [1.54, 1.807) is 6.92 Å². The maximum Gasteiger partial charge on any atom is 0.132 e. The van der Waals surface area contributed by atoms with Crippen LogP contribution < -0.4 is 5.32 Å². The summed E-state index contributed by atoms with van der Waals surface area (Å²) in [6.07, 6.45) is 1.04. The van der Waals surface area contributed by atoms with Crippen molar-refractivity contribution >= 4 is 14.2 Å². The molecule has 1 rings (SSSR count). The molecule has 0 bridgehead atoms. The van der Waals surface area contributed by atoms with Crippen molar-refractivity contribution in [1.82, 2.24) is 5.32 Å². The standard InChI is InChI=1S/C5H11NOSi/c1-5(7)8-3-2-6-4-8/h6,8H,2-4H2,1H3/t8-/m0/s1. The molecule has 46 valence electrons. The lowest BCUT2D eigenvalue weighted by Gasteiger charge is -1.95. The first kappa shape index (κ1) is 5.97. The number of carbonyl (C=O) groups is 1. The zero-order valence-corrected chi connectivity index (χ0v) is 6.26. The minimum Gasteiger partial charge on any atom is -0.320 e. The molecule has 8 heavy (non-hydrogen) atoms. The van der Waals surface area contributed by atoms with E-state index in [0.29, 0.717) is 5.41 Å². The Balaban J connectivity index is 2.35. The molecule has 1 N–H and O–H groups in total. The van der Waals surface area contributed by atoms with E-state index in [0.717, 1.165) is 12.7 Å². The minimum atomic E-state index is -0.904. The van der Waals surface area contributed by atoms with E-state index in [4.69, 9.17) is 0 Å². The van der Waals surface area contributed by atoms with Crippen molar-refractivity contribution in [1.29, 1.82) is 0 Å². The van der Waals surface area contributed by atoms with Crippen molar-refractivity contribution in [3.8, 4) is 0 Å². The summed E-state index contributed by atoms with van der Waals surface area (Å²) >= 11 is 0. The summed E-state index contributed by atoms with van der Waals surface area (Å²) in [6.45, 7) is 2.81. The molecule has 0 aromatic carbocycles. The first-order valence-corrected chi connectivity index (χ1v) is 5.23. The van der Waals surface area contributed by atoms with Gasteiger partial charge in [0.15, 0.2) is 0 Å². The largest absolute Gasteiger partial charge is 0.320 e.